The molecule has 0 radical (unpaired) electrons. The molecule has 0 heterocycles. The molecule has 0 atom stereocenters. The number of likely N-dealkylation sites (N-methyl/N-ethyl adjacent to an activating group) is 1. The molecule has 0 saturated heterocycles. The lowest BCUT2D eigenvalue weighted by Gasteiger charge is -2.59. The predicted molar refractivity (Wildman–Crippen MR) is 86.4 cm³/mol. The molecule has 0 bridgehead atoms. The molecule has 1 aromatic rings. The summed E-state index contributed by atoms with van der Waals surface area (Å²) in [6.45, 7) is 3.90. The Hall–Kier alpha value is -0.600. The van der Waals surface area contributed by atoms with Gasteiger partial charge >= 0.3 is 0 Å². The summed E-state index contributed by atoms with van der Waals surface area (Å²) in [5.74, 6) is -0.206. The van der Waals surface area contributed by atoms with Crippen LogP contribution >= 0.6 is 11.6 Å². The highest BCUT2D eigenvalue weighted by atomic mass is 35.5. The molecule has 1 spiro atoms. The zero-order valence-electron chi connectivity index (χ0n) is 12.9. The van der Waals surface area contributed by atoms with E-state index in [4.69, 9.17) is 11.6 Å². The molecule has 1 N–H and O–H groups in total. The number of hydrogen-bond acceptors (Lipinski definition) is 1. The van der Waals surface area contributed by atoms with Gasteiger partial charge in [-0.25, -0.2) is 4.39 Å². The Kier molecular flexibility index (Phi) is 4.29. The van der Waals surface area contributed by atoms with E-state index in [1.54, 1.807) is 6.07 Å². The summed E-state index contributed by atoms with van der Waals surface area (Å²) >= 11 is 6.02. The Labute approximate surface area is 132 Å². The predicted octanol–water partition coefficient (Wildman–Crippen LogP) is 5.07. The number of benzene rings is 1. The lowest BCUT2D eigenvalue weighted by atomic mass is 9.46. The van der Waals surface area contributed by atoms with E-state index >= 15 is 0 Å². The summed E-state index contributed by atoms with van der Waals surface area (Å²) in [5.41, 5.74) is 1.25. The average molecular weight is 310 g/mol. The van der Waals surface area contributed by atoms with Gasteiger partial charge in [0, 0.05) is 12.0 Å². The van der Waals surface area contributed by atoms with Gasteiger partial charge in [0.05, 0.1) is 5.02 Å². The fraction of sp³-hybridized carbons (Fsp3) is 0.667. The van der Waals surface area contributed by atoms with Crippen molar-refractivity contribution < 1.29 is 4.39 Å². The van der Waals surface area contributed by atoms with Gasteiger partial charge < -0.3 is 5.32 Å². The molecule has 3 rings (SSSR count). The minimum atomic E-state index is -0.206. The van der Waals surface area contributed by atoms with Crippen LogP contribution in [0, 0.1) is 11.2 Å². The van der Waals surface area contributed by atoms with E-state index in [1.165, 1.54) is 32.1 Å². The van der Waals surface area contributed by atoms with Crippen LogP contribution in [0.3, 0.4) is 0 Å². The monoisotopic (exact) mass is 309 g/mol. The summed E-state index contributed by atoms with van der Waals surface area (Å²) in [6, 6.07) is 5.48. The zero-order chi connectivity index (χ0) is 14.9. The average Bonchev–Trinajstić information content (AvgIpc) is 2.47. The van der Waals surface area contributed by atoms with Crippen LogP contribution in [-0.2, 0) is 5.41 Å². The second kappa shape index (κ2) is 5.89. The Balaban J connectivity index is 1.87. The van der Waals surface area contributed by atoms with Crippen molar-refractivity contribution in [3.8, 4) is 0 Å². The molecule has 0 unspecified atom stereocenters. The van der Waals surface area contributed by atoms with Crippen LogP contribution in [0.15, 0.2) is 18.2 Å². The topological polar surface area (TPSA) is 12.0 Å². The fourth-order valence-electron chi connectivity index (χ4n) is 4.73. The molecule has 2 aliphatic rings. The highest BCUT2D eigenvalue weighted by Gasteiger charge is 2.55. The molecular formula is C18H25ClFN. The normalized spacial score (nSPS) is 23.0. The van der Waals surface area contributed by atoms with Gasteiger partial charge in [0.2, 0.25) is 0 Å². The molecule has 2 saturated carbocycles. The third-order valence-corrected chi connectivity index (χ3v) is 5.87. The van der Waals surface area contributed by atoms with Crippen molar-refractivity contribution in [1.82, 2.24) is 5.32 Å². The van der Waals surface area contributed by atoms with Crippen molar-refractivity contribution >= 4 is 11.6 Å². The second-order valence-corrected chi connectivity index (χ2v) is 7.48. The smallest absolute Gasteiger partial charge is 0.145 e. The first-order valence-corrected chi connectivity index (χ1v) is 8.64. The number of hydrogen-bond donors (Lipinski definition) is 1. The quantitative estimate of drug-likeness (QED) is 0.818. The fourth-order valence-corrected chi connectivity index (χ4v) is 4.90. The van der Waals surface area contributed by atoms with E-state index in [-0.39, 0.29) is 16.3 Å². The van der Waals surface area contributed by atoms with Gasteiger partial charge in [0.25, 0.3) is 0 Å². The summed E-state index contributed by atoms with van der Waals surface area (Å²) in [4.78, 5) is 0. The highest BCUT2D eigenvalue weighted by molar-refractivity contribution is 6.30. The lowest BCUT2D eigenvalue weighted by Crippen LogP contribution is -2.55. The van der Waals surface area contributed by atoms with Crippen molar-refractivity contribution in [1.29, 1.82) is 0 Å². The molecule has 0 aliphatic heterocycles. The maximum Gasteiger partial charge on any atom is 0.145 e. The Morgan fingerprint density at radius 3 is 2.57 bits per heavy atom. The van der Waals surface area contributed by atoms with E-state index in [9.17, 15) is 4.39 Å². The van der Waals surface area contributed by atoms with Crippen molar-refractivity contribution in [3.05, 3.63) is 34.6 Å². The van der Waals surface area contributed by atoms with Crippen LogP contribution in [0.25, 0.3) is 0 Å². The van der Waals surface area contributed by atoms with Gasteiger partial charge in [-0.1, -0.05) is 49.9 Å². The minimum absolute atomic E-state index is 0.0532. The van der Waals surface area contributed by atoms with Gasteiger partial charge in [0.15, 0.2) is 0 Å². The Bertz CT molecular complexity index is 500. The second-order valence-electron chi connectivity index (χ2n) is 7.08. The summed E-state index contributed by atoms with van der Waals surface area (Å²) in [7, 11) is 0. The molecule has 2 fully saturated rings. The largest absolute Gasteiger partial charge is 0.316 e. The van der Waals surface area contributed by atoms with Crippen molar-refractivity contribution in [2.75, 3.05) is 13.1 Å². The van der Waals surface area contributed by atoms with Crippen LogP contribution in [0.1, 0.15) is 57.4 Å². The van der Waals surface area contributed by atoms with Crippen molar-refractivity contribution in [3.63, 3.8) is 0 Å². The summed E-state index contributed by atoms with van der Waals surface area (Å²) in [5, 5.41) is 3.71. The molecular weight excluding hydrogens is 285 g/mol. The number of nitrogens with one attached hydrogen (secondary N) is 1. The lowest BCUT2D eigenvalue weighted by molar-refractivity contribution is -0.0142. The SMILES string of the molecule is CCNCC1(c2cccc(Cl)c2F)CC2(CCCCC2)C1. The third kappa shape index (κ3) is 2.73. The zero-order valence-corrected chi connectivity index (χ0v) is 13.6. The van der Waals surface area contributed by atoms with Crippen LogP contribution in [0.2, 0.25) is 5.02 Å². The van der Waals surface area contributed by atoms with Gasteiger partial charge in [-0.3, -0.25) is 0 Å². The minimum Gasteiger partial charge on any atom is -0.316 e. The molecule has 21 heavy (non-hydrogen) atoms. The molecule has 0 aromatic heterocycles. The number of halogens is 2. The highest BCUT2D eigenvalue weighted by Crippen LogP contribution is 2.62. The molecule has 0 amide bonds. The van der Waals surface area contributed by atoms with Gasteiger partial charge in [0.1, 0.15) is 5.82 Å². The molecule has 1 aromatic carbocycles. The van der Waals surface area contributed by atoms with Gasteiger partial charge in [-0.15, -0.1) is 0 Å². The standard InChI is InChI=1S/C18H25ClFN/c1-2-21-13-18(14-7-6-8-15(19)16(14)20)11-17(12-18)9-4-3-5-10-17/h6-8,21H,2-5,9-13H2,1H3. The summed E-state index contributed by atoms with van der Waals surface area (Å²) < 4.78 is 14.5. The molecule has 1 nitrogen and oxygen atoms in total. The first-order chi connectivity index (χ1) is 10.1. The number of rotatable bonds is 4. The van der Waals surface area contributed by atoms with E-state index < -0.39 is 0 Å². The molecule has 2 aliphatic carbocycles. The van der Waals surface area contributed by atoms with E-state index in [1.807, 2.05) is 12.1 Å². The van der Waals surface area contributed by atoms with Gasteiger partial charge in [-0.2, -0.15) is 0 Å². The maximum atomic E-state index is 14.5. The Morgan fingerprint density at radius 2 is 1.90 bits per heavy atom. The van der Waals surface area contributed by atoms with E-state index in [2.05, 4.69) is 12.2 Å². The van der Waals surface area contributed by atoms with Gasteiger partial charge in [-0.05, 0) is 49.3 Å². The first kappa shape index (κ1) is 15.3. The van der Waals surface area contributed by atoms with Crippen molar-refractivity contribution in [2.24, 2.45) is 5.41 Å². The van der Waals surface area contributed by atoms with Crippen LogP contribution in [-0.4, -0.2) is 13.1 Å². The van der Waals surface area contributed by atoms with Crippen LogP contribution < -0.4 is 5.32 Å². The molecule has 3 heteroatoms. The Morgan fingerprint density at radius 1 is 1.19 bits per heavy atom. The van der Waals surface area contributed by atoms with E-state index in [0.717, 1.165) is 31.5 Å². The van der Waals surface area contributed by atoms with Crippen LogP contribution in [0.5, 0.6) is 0 Å². The molecule has 116 valence electrons. The van der Waals surface area contributed by atoms with E-state index in [0.29, 0.717) is 5.41 Å². The maximum absolute atomic E-state index is 14.5. The third-order valence-electron chi connectivity index (χ3n) is 5.58. The van der Waals surface area contributed by atoms with Crippen LogP contribution in [0.4, 0.5) is 4.39 Å². The van der Waals surface area contributed by atoms with Crippen molar-refractivity contribution in [2.45, 2.75) is 57.3 Å². The first-order valence-electron chi connectivity index (χ1n) is 8.26. The summed E-state index contributed by atoms with van der Waals surface area (Å²) in [6.07, 6.45) is 8.93.